The molecule has 0 atom stereocenters. The number of rotatable bonds is 16. The van der Waals surface area contributed by atoms with E-state index in [9.17, 15) is 9.59 Å². The fraction of sp³-hybridized carbons (Fsp3) is 0.800. The zero-order valence-electron chi connectivity index (χ0n) is 15.9. The summed E-state index contributed by atoms with van der Waals surface area (Å²) in [5, 5.41) is 0. The van der Waals surface area contributed by atoms with Crippen molar-refractivity contribution in [2.24, 2.45) is 5.73 Å². The standard InChI is InChI=1S/C20H38N2O2/c1-3-5-7-9-11-13-17-22(20(24)16-15-19(21)23)18-14-12-10-8-6-4-2/h15-16H,3-14,17-18H2,1-2H3,(H2,21,23)/b16-15-. The Morgan fingerprint density at radius 1 is 0.708 bits per heavy atom. The summed E-state index contributed by atoms with van der Waals surface area (Å²) in [6.07, 6.45) is 17.0. The van der Waals surface area contributed by atoms with Crippen molar-refractivity contribution in [1.29, 1.82) is 0 Å². The molecule has 0 aliphatic rings. The minimum absolute atomic E-state index is 0.0871. The molecule has 0 aliphatic heterocycles. The summed E-state index contributed by atoms with van der Waals surface area (Å²) in [6.45, 7) is 5.99. The van der Waals surface area contributed by atoms with Crippen LogP contribution in [0.2, 0.25) is 0 Å². The Morgan fingerprint density at radius 3 is 1.54 bits per heavy atom. The van der Waals surface area contributed by atoms with Crippen LogP contribution in [0.4, 0.5) is 0 Å². The Bertz CT molecular complexity index is 338. The number of primary amides is 1. The van der Waals surface area contributed by atoms with E-state index >= 15 is 0 Å². The highest BCUT2D eigenvalue weighted by Crippen LogP contribution is 2.09. The number of nitrogens with zero attached hydrogens (tertiary/aromatic N) is 1. The van der Waals surface area contributed by atoms with Crippen LogP contribution in [-0.4, -0.2) is 29.8 Å². The third kappa shape index (κ3) is 14.3. The first-order valence-corrected chi connectivity index (χ1v) is 9.88. The first-order chi connectivity index (χ1) is 11.6. The van der Waals surface area contributed by atoms with Crippen molar-refractivity contribution in [3.8, 4) is 0 Å². The molecule has 0 radical (unpaired) electrons. The largest absolute Gasteiger partial charge is 0.366 e. The molecule has 2 N–H and O–H groups in total. The van der Waals surface area contributed by atoms with Crippen molar-refractivity contribution in [3.63, 3.8) is 0 Å². The van der Waals surface area contributed by atoms with E-state index in [1.807, 2.05) is 4.90 Å². The van der Waals surface area contributed by atoms with Gasteiger partial charge in [-0.1, -0.05) is 78.1 Å². The topological polar surface area (TPSA) is 63.4 Å². The quantitative estimate of drug-likeness (QED) is 0.331. The molecular weight excluding hydrogens is 300 g/mol. The average Bonchev–Trinajstić information content (AvgIpc) is 2.56. The fourth-order valence-corrected chi connectivity index (χ4v) is 2.76. The lowest BCUT2D eigenvalue weighted by molar-refractivity contribution is -0.126. The molecule has 0 unspecified atom stereocenters. The van der Waals surface area contributed by atoms with E-state index in [1.54, 1.807) is 0 Å². The highest BCUT2D eigenvalue weighted by Gasteiger charge is 2.10. The molecule has 4 nitrogen and oxygen atoms in total. The highest BCUT2D eigenvalue weighted by atomic mass is 16.2. The summed E-state index contributed by atoms with van der Waals surface area (Å²) >= 11 is 0. The number of nitrogens with two attached hydrogens (primary N) is 1. The Balaban J connectivity index is 4.13. The van der Waals surface area contributed by atoms with Gasteiger partial charge in [-0.25, -0.2) is 0 Å². The highest BCUT2D eigenvalue weighted by molar-refractivity contribution is 5.95. The van der Waals surface area contributed by atoms with Crippen LogP contribution >= 0.6 is 0 Å². The molecule has 24 heavy (non-hydrogen) atoms. The minimum Gasteiger partial charge on any atom is -0.366 e. The Morgan fingerprint density at radius 2 is 1.12 bits per heavy atom. The molecule has 0 fully saturated rings. The van der Waals surface area contributed by atoms with Gasteiger partial charge in [0.25, 0.3) is 0 Å². The number of unbranched alkanes of at least 4 members (excludes halogenated alkanes) is 10. The number of hydrogen-bond acceptors (Lipinski definition) is 2. The summed E-state index contributed by atoms with van der Waals surface area (Å²) < 4.78 is 0. The number of carbonyl (C=O) groups excluding carboxylic acids is 2. The summed E-state index contributed by atoms with van der Waals surface area (Å²) in [6, 6.07) is 0. The maximum absolute atomic E-state index is 12.2. The van der Waals surface area contributed by atoms with Crippen molar-refractivity contribution in [2.45, 2.75) is 90.9 Å². The second kappa shape index (κ2) is 16.5. The van der Waals surface area contributed by atoms with Gasteiger partial charge in [-0.05, 0) is 12.8 Å². The van der Waals surface area contributed by atoms with Crippen LogP contribution in [0, 0.1) is 0 Å². The summed E-state index contributed by atoms with van der Waals surface area (Å²) in [4.78, 5) is 24.9. The van der Waals surface area contributed by atoms with Gasteiger partial charge in [0.2, 0.25) is 11.8 Å². The first-order valence-electron chi connectivity index (χ1n) is 9.88. The van der Waals surface area contributed by atoms with Gasteiger partial charge in [0.1, 0.15) is 0 Å². The zero-order chi connectivity index (χ0) is 18.0. The van der Waals surface area contributed by atoms with Crippen LogP contribution < -0.4 is 5.73 Å². The lowest BCUT2D eigenvalue weighted by atomic mass is 10.1. The maximum atomic E-state index is 12.2. The number of amides is 2. The molecule has 0 heterocycles. The molecule has 0 saturated heterocycles. The summed E-state index contributed by atoms with van der Waals surface area (Å²) in [5.74, 6) is -0.654. The molecule has 140 valence electrons. The van der Waals surface area contributed by atoms with Crippen LogP contribution in [0.3, 0.4) is 0 Å². The van der Waals surface area contributed by atoms with E-state index in [4.69, 9.17) is 5.73 Å². The van der Waals surface area contributed by atoms with Gasteiger partial charge in [-0.15, -0.1) is 0 Å². The van der Waals surface area contributed by atoms with Crippen LogP contribution in [0.5, 0.6) is 0 Å². The molecule has 0 aromatic heterocycles. The molecule has 0 saturated carbocycles. The average molecular weight is 339 g/mol. The Hall–Kier alpha value is -1.32. The van der Waals surface area contributed by atoms with Gasteiger partial charge in [0.15, 0.2) is 0 Å². The minimum atomic E-state index is -0.567. The SMILES string of the molecule is CCCCCCCCN(CCCCCCCC)C(=O)/C=C\C(N)=O. The Labute approximate surface area is 148 Å². The van der Waals surface area contributed by atoms with Crippen LogP contribution in [-0.2, 0) is 9.59 Å². The zero-order valence-corrected chi connectivity index (χ0v) is 15.9. The Kier molecular flexibility index (Phi) is 15.6. The summed E-state index contributed by atoms with van der Waals surface area (Å²) in [5.41, 5.74) is 5.08. The maximum Gasteiger partial charge on any atom is 0.246 e. The number of carbonyl (C=O) groups is 2. The summed E-state index contributed by atoms with van der Waals surface area (Å²) in [7, 11) is 0. The van der Waals surface area contributed by atoms with Gasteiger partial charge in [0.05, 0.1) is 0 Å². The smallest absolute Gasteiger partial charge is 0.246 e. The van der Waals surface area contributed by atoms with Gasteiger partial charge < -0.3 is 10.6 Å². The molecule has 0 aliphatic carbocycles. The van der Waals surface area contributed by atoms with E-state index in [1.165, 1.54) is 70.3 Å². The molecule has 0 spiro atoms. The third-order valence-corrected chi connectivity index (χ3v) is 4.27. The monoisotopic (exact) mass is 338 g/mol. The van der Waals surface area contributed by atoms with Crippen molar-refractivity contribution in [3.05, 3.63) is 12.2 Å². The van der Waals surface area contributed by atoms with Crippen molar-refractivity contribution >= 4 is 11.8 Å². The van der Waals surface area contributed by atoms with E-state index in [2.05, 4.69) is 13.8 Å². The molecular formula is C20H38N2O2. The van der Waals surface area contributed by atoms with Crippen molar-refractivity contribution in [1.82, 2.24) is 4.90 Å². The molecule has 0 aromatic rings. The van der Waals surface area contributed by atoms with Crippen molar-refractivity contribution < 1.29 is 9.59 Å². The van der Waals surface area contributed by atoms with Crippen molar-refractivity contribution in [2.75, 3.05) is 13.1 Å². The molecule has 0 rings (SSSR count). The normalized spacial score (nSPS) is 11.1. The fourth-order valence-electron chi connectivity index (χ4n) is 2.76. The van der Waals surface area contributed by atoms with Gasteiger partial charge in [-0.3, -0.25) is 9.59 Å². The van der Waals surface area contributed by atoms with E-state index in [0.29, 0.717) is 0 Å². The van der Waals surface area contributed by atoms with Gasteiger partial charge in [-0.2, -0.15) is 0 Å². The van der Waals surface area contributed by atoms with Gasteiger partial charge >= 0.3 is 0 Å². The lowest BCUT2D eigenvalue weighted by Gasteiger charge is -2.21. The van der Waals surface area contributed by atoms with E-state index in [0.717, 1.165) is 32.0 Å². The van der Waals surface area contributed by atoms with Gasteiger partial charge in [0, 0.05) is 25.2 Å². The third-order valence-electron chi connectivity index (χ3n) is 4.27. The lowest BCUT2D eigenvalue weighted by Crippen LogP contribution is -2.31. The molecule has 4 heteroatoms. The second-order valence-electron chi connectivity index (χ2n) is 6.60. The predicted octanol–water partition coefficient (Wildman–Crippen LogP) is 4.58. The molecule has 0 aromatic carbocycles. The molecule has 0 bridgehead atoms. The molecule has 2 amide bonds. The van der Waals surface area contributed by atoms with Crippen LogP contribution in [0.15, 0.2) is 12.2 Å². The first kappa shape index (κ1) is 22.7. The van der Waals surface area contributed by atoms with E-state index in [-0.39, 0.29) is 5.91 Å². The second-order valence-corrected chi connectivity index (χ2v) is 6.60. The van der Waals surface area contributed by atoms with Crippen LogP contribution in [0.25, 0.3) is 0 Å². The predicted molar refractivity (Wildman–Crippen MR) is 102 cm³/mol. The van der Waals surface area contributed by atoms with E-state index < -0.39 is 5.91 Å². The van der Waals surface area contributed by atoms with Crippen LogP contribution in [0.1, 0.15) is 90.9 Å². The number of hydrogen-bond donors (Lipinski definition) is 1.